The molecule has 4 rings (SSSR count). The van der Waals surface area contributed by atoms with Gasteiger partial charge in [0, 0.05) is 44.0 Å². The molecule has 1 unspecified atom stereocenters. The third-order valence-corrected chi connectivity index (χ3v) is 5.65. The van der Waals surface area contributed by atoms with Gasteiger partial charge < -0.3 is 9.80 Å². The van der Waals surface area contributed by atoms with E-state index in [0.29, 0.717) is 18.8 Å². The second-order valence-corrected chi connectivity index (χ2v) is 7.84. The third kappa shape index (κ3) is 3.23. The molecule has 1 atom stereocenters. The number of aryl methyl sites for hydroxylation is 2. The highest BCUT2D eigenvalue weighted by atomic mass is 16.2. The van der Waals surface area contributed by atoms with E-state index in [4.69, 9.17) is 0 Å². The van der Waals surface area contributed by atoms with Gasteiger partial charge in [0.05, 0.1) is 17.6 Å². The number of amides is 1. The highest BCUT2D eigenvalue weighted by molar-refractivity contribution is 5.97. The summed E-state index contributed by atoms with van der Waals surface area (Å²) < 4.78 is 1.85. The minimum atomic E-state index is 0.161. The first kappa shape index (κ1) is 18.5. The molecule has 6 nitrogen and oxygen atoms in total. The van der Waals surface area contributed by atoms with Crippen molar-refractivity contribution in [1.82, 2.24) is 14.6 Å². The fraction of sp³-hybridized carbons (Fsp3) is 0.409. The molecule has 6 heteroatoms. The van der Waals surface area contributed by atoms with Crippen molar-refractivity contribution in [1.29, 1.82) is 0 Å². The minimum Gasteiger partial charge on any atom is -0.373 e. The maximum absolute atomic E-state index is 13.2. The molecule has 0 fully saturated rings. The molecule has 1 amide bonds. The van der Waals surface area contributed by atoms with Crippen LogP contribution in [-0.4, -0.2) is 40.6 Å². The predicted octanol–water partition coefficient (Wildman–Crippen LogP) is 3.40. The van der Waals surface area contributed by atoms with Crippen LogP contribution >= 0.6 is 0 Å². The van der Waals surface area contributed by atoms with E-state index in [2.05, 4.69) is 41.1 Å². The first-order valence-corrected chi connectivity index (χ1v) is 9.86. The summed E-state index contributed by atoms with van der Waals surface area (Å²) in [7, 11) is 2.10. The summed E-state index contributed by atoms with van der Waals surface area (Å²) in [6.45, 7) is 7.95. The quantitative estimate of drug-likeness (QED) is 0.702. The highest BCUT2D eigenvalue weighted by Crippen LogP contribution is 2.33. The zero-order chi connectivity index (χ0) is 19.8. The summed E-state index contributed by atoms with van der Waals surface area (Å²) in [6.07, 6.45) is 2.89. The molecule has 0 saturated carbocycles. The summed E-state index contributed by atoms with van der Waals surface area (Å²) in [6, 6.07) is 10.1. The summed E-state index contributed by atoms with van der Waals surface area (Å²) in [5, 5.41) is 4.35. The van der Waals surface area contributed by atoms with E-state index in [1.807, 2.05) is 41.5 Å². The molecular weight excluding hydrogens is 350 g/mol. The lowest BCUT2D eigenvalue weighted by Gasteiger charge is -2.25. The number of hydrogen-bond acceptors (Lipinski definition) is 4. The molecular formula is C22H27N5O. The fourth-order valence-electron chi connectivity index (χ4n) is 4.28. The van der Waals surface area contributed by atoms with E-state index in [-0.39, 0.29) is 5.91 Å². The number of anilines is 2. The Morgan fingerprint density at radius 2 is 1.89 bits per heavy atom. The van der Waals surface area contributed by atoms with Crippen molar-refractivity contribution in [3.63, 3.8) is 0 Å². The summed E-state index contributed by atoms with van der Waals surface area (Å²) in [5.41, 5.74) is 6.12. The average molecular weight is 377 g/mol. The van der Waals surface area contributed by atoms with Gasteiger partial charge in [-0.1, -0.05) is 19.1 Å². The number of benzene rings is 1. The first-order valence-electron chi connectivity index (χ1n) is 9.86. The van der Waals surface area contributed by atoms with Crippen LogP contribution in [0, 0.1) is 19.8 Å². The fourth-order valence-corrected chi connectivity index (χ4v) is 4.28. The van der Waals surface area contributed by atoms with Crippen LogP contribution in [0.5, 0.6) is 0 Å². The molecule has 146 valence electrons. The number of aromatic nitrogens is 3. The van der Waals surface area contributed by atoms with Gasteiger partial charge in [-0.3, -0.25) is 4.79 Å². The molecule has 1 aromatic carbocycles. The second kappa shape index (κ2) is 7.26. The molecule has 0 spiro atoms. The number of fused-ring (bicyclic) bond motifs is 2. The Morgan fingerprint density at radius 3 is 2.68 bits per heavy atom. The van der Waals surface area contributed by atoms with Crippen LogP contribution in [0.3, 0.4) is 0 Å². The molecule has 0 radical (unpaired) electrons. The van der Waals surface area contributed by atoms with Gasteiger partial charge in [0.25, 0.3) is 0 Å². The molecule has 1 aliphatic heterocycles. The number of carbonyl (C=O) groups is 1. The monoisotopic (exact) mass is 377 g/mol. The van der Waals surface area contributed by atoms with Crippen molar-refractivity contribution < 1.29 is 4.79 Å². The SMILES string of the molecule is Cc1nc2ccnn2c(C)c1CCC(=O)N1CC(C)CN(C)c2ccccc21. The topological polar surface area (TPSA) is 53.7 Å². The largest absolute Gasteiger partial charge is 0.373 e. The highest BCUT2D eigenvalue weighted by Gasteiger charge is 2.26. The van der Waals surface area contributed by atoms with Crippen LogP contribution in [0.25, 0.3) is 5.65 Å². The maximum atomic E-state index is 13.2. The van der Waals surface area contributed by atoms with Crippen molar-refractivity contribution in [2.24, 2.45) is 5.92 Å². The van der Waals surface area contributed by atoms with Crippen LogP contribution in [0.4, 0.5) is 11.4 Å². The predicted molar refractivity (Wildman–Crippen MR) is 112 cm³/mol. The number of hydrogen-bond donors (Lipinski definition) is 0. The van der Waals surface area contributed by atoms with Gasteiger partial charge in [0.1, 0.15) is 0 Å². The summed E-state index contributed by atoms with van der Waals surface area (Å²) in [4.78, 5) is 22.1. The molecule has 0 bridgehead atoms. The molecule has 3 heterocycles. The summed E-state index contributed by atoms with van der Waals surface area (Å²) >= 11 is 0. The molecule has 28 heavy (non-hydrogen) atoms. The van der Waals surface area contributed by atoms with Crippen molar-refractivity contribution >= 4 is 22.9 Å². The lowest BCUT2D eigenvalue weighted by atomic mass is 10.1. The standard InChI is InChI=1S/C22H27N5O/c1-15-13-25(4)19-7-5-6-8-20(19)26(14-15)22(28)10-9-18-16(2)24-21-11-12-23-27(21)17(18)3/h5-8,11-12,15H,9-10,13-14H2,1-4H3. The smallest absolute Gasteiger partial charge is 0.227 e. The Bertz CT molecular complexity index is 1020. The zero-order valence-corrected chi connectivity index (χ0v) is 17.0. The lowest BCUT2D eigenvalue weighted by Crippen LogP contribution is -2.35. The molecule has 1 aliphatic rings. The zero-order valence-electron chi connectivity index (χ0n) is 17.0. The summed E-state index contributed by atoms with van der Waals surface area (Å²) in [5.74, 6) is 0.570. The van der Waals surface area contributed by atoms with Crippen molar-refractivity contribution in [2.75, 3.05) is 29.9 Å². The Balaban J connectivity index is 1.59. The van der Waals surface area contributed by atoms with Crippen molar-refractivity contribution in [2.45, 2.75) is 33.6 Å². The molecule has 0 aliphatic carbocycles. The Kier molecular flexibility index (Phi) is 4.79. The maximum Gasteiger partial charge on any atom is 0.227 e. The van der Waals surface area contributed by atoms with Gasteiger partial charge in [-0.05, 0) is 43.9 Å². The molecule has 2 aromatic heterocycles. The van der Waals surface area contributed by atoms with Gasteiger partial charge in [-0.25, -0.2) is 9.50 Å². The Labute approximate surface area is 165 Å². The Morgan fingerprint density at radius 1 is 1.14 bits per heavy atom. The van der Waals surface area contributed by atoms with Crippen LogP contribution in [0.1, 0.15) is 30.3 Å². The van der Waals surface area contributed by atoms with E-state index in [0.717, 1.165) is 47.1 Å². The van der Waals surface area contributed by atoms with E-state index in [1.54, 1.807) is 6.20 Å². The first-order chi connectivity index (χ1) is 13.5. The van der Waals surface area contributed by atoms with E-state index < -0.39 is 0 Å². The molecule has 0 N–H and O–H groups in total. The van der Waals surface area contributed by atoms with E-state index in [9.17, 15) is 4.79 Å². The average Bonchev–Trinajstić information content (AvgIpc) is 3.09. The lowest BCUT2D eigenvalue weighted by molar-refractivity contribution is -0.118. The Hall–Kier alpha value is -2.89. The van der Waals surface area contributed by atoms with Crippen molar-refractivity contribution in [3.8, 4) is 0 Å². The second-order valence-electron chi connectivity index (χ2n) is 7.84. The van der Waals surface area contributed by atoms with E-state index >= 15 is 0 Å². The van der Waals surface area contributed by atoms with Gasteiger partial charge in [-0.2, -0.15) is 5.10 Å². The number of rotatable bonds is 3. The van der Waals surface area contributed by atoms with Crippen LogP contribution in [0.15, 0.2) is 36.5 Å². The van der Waals surface area contributed by atoms with Crippen LogP contribution < -0.4 is 9.80 Å². The van der Waals surface area contributed by atoms with Crippen molar-refractivity contribution in [3.05, 3.63) is 53.5 Å². The van der Waals surface area contributed by atoms with Gasteiger partial charge in [-0.15, -0.1) is 0 Å². The number of carbonyl (C=O) groups excluding carboxylic acids is 1. The molecule has 3 aromatic rings. The van der Waals surface area contributed by atoms with Crippen LogP contribution in [0.2, 0.25) is 0 Å². The van der Waals surface area contributed by atoms with Crippen LogP contribution in [-0.2, 0) is 11.2 Å². The number of nitrogens with zero attached hydrogens (tertiary/aromatic N) is 5. The molecule has 0 saturated heterocycles. The normalized spacial score (nSPS) is 16.9. The number of para-hydroxylation sites is 2. The van der Waals surface area contributed by atoms with Gasteiger partial charge in [0.15, 0.2) is 5.65 Å². The van der Waals surface area contributed by atoms with E-state index in [1.165, 1.54) is 0 Å². The minimum absolute atomic E-state index is 0.161. The third-order valence-electron chi connectivity index (χ3n) is 5.65. The van der Waals surface area contributed by atoms with Gasteiger partial charge >= 0.3 is 0 Å². The van der Waals surface area contributed by atoms with Gasteiger partial charge in [0.2, 0.25) is 5.91 Å².